The van der Waals surface area contributed by atoms with Crippen LogP contribution in [-0.4, -0.2) is 56.4 Å². The van der Waals surface area contributed by atoms with Gasteiger partial charge < -0.3 is 4.74 Å². The van der Waals surface area contributed by atoms with Gasteiger partial charge in [-0.2, -0.15) is 0 Å². The molecule has 1 fully saturated rings. The van der Waals surface area contributed by atoms with Gasteiger partial charge in [-0.25, -0.2) is 13.9 Å². The average molecular weight is 476 g/mol. The SMILES string of the molecule is Cc1ccc(Oc2ccc(N(C[C@@H](C(=O)NO)N3CC(C)CC(C)C3)S(C)(=O)=O)cc2)cc1. The van der Waals surface area contributed by atoms with Crippen molar-refractivity contribution in [3.63, 3.8) is 0 Å². The van der Waals surface area contributed by atoms with Gasteiger partial charge in [-0.1, -0.05) is 31.5 Å². The van der Waals surface area contributed by atoms with Crippen LogP contribution in [0, 0.1) is 18.8 Å². The zero-order chi connectivity index (χ0) is 24.2. The number of carbonyl (C=O) groups excluding carboxylic acids is 1. The lowest BCUT2D eigenvalue weighted by Crippen LogP contribution is -2.56. The summed E-state index contributed by atoms with van der Waals surface area (Å²) in [6.45, 7) is 7.42. The van der Waals surface area contributed by atoms with Gasteiger partial charge in [0.05, 0.1) is 18.5 Å². The predicted octanol–water partition coefficient (Wildman–Crippen LogP) is 3.41. The molecule has 3 rings (SSSR count). The number of benzene rings is 2. The maximum atomic E-state index is 12.7. The Morgan fingerprint density at radius 2 is 1.61 bits per heavy atom. The molecule has 1 saturated heterocycles. The lowest BCUT2D eigenvalue weighted by molar-refractivity contribution is -0.135. The second-order valence-electron chi connectivity index (χ2n) is 9.09. The second-order valence-corrected chi connectivity index (χ2v) is 11.0. The topological polar surface area (TPSA) is 99.2 Å². The molecule has 0 aliphatic carbocycles. The molecule has 2 unspecified atom stereocenters. The van der Waals surface area contributed by atoms with Gasteiger partial charge in [0, 0.05) is 13.1 Å². The number of sulfonamides is 1. The standard InChI is InChI=1S/C24H33N3O5S/c1-17-5-9-21(10-6-17)32-22-11-7-20(8-12-22)27(33(4,30)31)16-23(24(28)25-29)26-14-18(2)13-19(3)15-26/h5-12,18-19,23,29H,13-16H2,1-4H3,(H,25,28)/t18?,19?,23-/m0/s1. The molecule has 0 spiro atoms. The first-order valence-corrected chi connectivity index (χ1v) is 12.9. The number of carbonyl (C=O) groups is 1. The summed E-state index contributed by atoms with van der Waals surface area (Å²) in [5, 5.41) is 9.34. The third-order valence-corrected chi connectivity index (χ3v) is 7.03. The molecule has 1 amide bonds. The van der Waals surface area contributed by atoms with Crippen LogP contribution in [0.1, 0.15) is 25.8 Å². The number of nitrogens with one attached hydrogen (secondary N) is 1. The summed E-state index contributed by atoms with van der Waals surface area (Å²) >= 11 is 0. The number of aryl methyl sites for hydroxylation is 1. The van der Waals surface area contributed by atoms with Crippen LogP contribution in [0.2, 0.25) is 0 Å². The zero-order valence-corrected chi connectivity index (χ0v) is 20.4. The van der Waals surface area contributed by atoms with Crippen LogP contribution in [0.4, 0.5) is 5.69 Å². The van der Waals surface area contributed by atoms with Crippen molar-refractivity contribution in [3.05, 3.63) is 54.1 Å². The van der Waals surface area contributed by atoms with E-state index in [4.69, 9.17) is 4.74 Å². The third-order valence-electron chi connectivity index (χ3n) is 5.87. The van der Waals surface area contributed by atoms with Crippen molar-refractivity contribution in [1.29, 1.82) is 0 Å². The maximum Gasteiger partial charge on any atom is 0.262 e. The van der Waals surface area contributed by atoms with Crippen molar-refractivity contribution >= 4 is 21.6 Å². The predicted molar refractivity (Wildman–Crippen MR) is 128 cm³/mol. The Labute approximate surface area is 196 Å². The van der Waals surface area contributed by atoms with Gasteiger partial charge in [0.2, 0.25) is 10.0 Å². The van der Waals surface area contributed by atoms with E-state index in [1.165, 1.54) is 4.31 Å². The van der Waals surface area contributed by atoms with Gasteiger partial charge in [0.25, 0.3) is 5.91 Å². The average Bonchev–Trinajstić information content (AvgIpc) is 2.75. The Morgan fingerprint density at radius 3 is 2.09 bits per heavy atom. The van der Waals surface area contributed by atoms with E-state index in [0.29, 0.717) is 42.1 Å². The van der Waals surface area contributed by atoms with E-state index < -0.39 is 22.0 Å². The molecule has 0 saturated carbocycles. The van der Waals surface area contributed by atoms with Crippen molar-refractivity contribution in [3.8, 4) is 11.5 Å². The number of hydrogen-bond acceptors (Lipinski definition) is 6. The number of hydrogen-bond donors (Lipinski definition) is 2. The van der Waals surface area contributed by atoms with Crippen molar-refractivity contribution in [2.45, 2.75) is 33.2 Å². The molecule has 8 nitrogen and oxygen atoms in total. The molecule has 0 aromatic heterocycles. The van der Waals surface area contributed by atoms with Gasteiger partial charge in [0.1, 0.15) is 17.5 Å². The lowest BCUT2D eigenvalue weighted by atomic mass is 9.90. The fourth-order valence-electron chi connectivity index (χ4n) is 4.42. The number of nitrogens with zero attached hydrogens (tertiary/aromatic N) is 2. The Morgan fingerprint density at radius 1 is 1.09 bits per heavy atom. The first-order valence-electron chi connectivity index (χ1n) is 11.1. The van der Waals surface area contributed by atoms with E-state index >= 15 is 0 Å². The smallest absolute Gasteiger partial charge is 0.262 e. The maximum absolute atomic E-state index is 12.7. The highest BCUT2D eigenvalue weighted by molar-refractivity contribution is 7.92. The Bertz CT molecular complexity index is 1030. The van der Waals surface area contributed by atoms with Crippen molar-refractivity contribution in [2.75, 3.05) is 30.2 Å². The van der Waals surface area contributed by atoms with Crippen LogP contribution in [0.5, 0.6) is 11.5 Å². The van der Waals surface area contributed by atoms with Gasteiger partial charge in [0.15, 0.2) is 0 Å². The summed E-state index contributed by atoms with van der Waals surface area (Å²) in [5.41, 5.74) is 3.26. The van der Waals surface area contributed by atoms with Crippen LogP contribution < -0.4 is 14.5 Å². The fourth-order valence-corrected chi connectivity index (χ4v) is 5.33. The van der Waals surface area contributed by atoms with E-state index in [1.807, 2.05) is 36.1 Å². The van der Waals surface area contributed by atoms with Crippen molar-refractivity contribution in [1.82, 2.24) is 10.4 Å². The summed E-state index contributed by atoms with van der Waals surface area (Å²) in [7, 11) is -3.69. The monoisotopic (exact) mass is 475 g/mol. The Kier molecular flexibility index (Phi) is 7.99. The summed E-state index contributed by atoms with van der Waals surface area (Å²) in [5.74, 6) is 1.37. The number of ether oxygens (including phenoxy) is 1. The van der Waals surface area contributed by atoms with E-state index in [9.17, 15) is 18.4 Å². The minimum Gasteiger partial charge on any atom is -0.457 e. The van der Waals surface area contributed by atoms with Crippen LogP contribution in [-0.2, 0) is 14.8 Å². The number of hydroxylamine groups is 1. The molecule has 0 bridgehead atoms. The Balaban J connectivity index is 1.83. The Hall–Kier alpha value is -2.62. The summed E-state index contributed by atoms with van der Waals surface area (Å²) in [6.07, 6.45) is 2.15. The van der Waals surface area contributed by atoms with Crippen molar-refractivity contribution < 1.29 is 23.2 Å². The summed E-state index contributed by atoms with van der Waals surface area (Å²) < 4.78 is 32.4. The highest BCUT2D eigenvalue weighted by atomic mass is 32.2. The largest absolute Gasteiger partial charge is 0.457 e. The van der Waals surface area contributed by atoms with Crippen LogP contribution >= 0.6 is 0 Å². The molecule has 1 aliphatic rings. The molecule has 3 atom stereocenters. The number of rotatable bonds is 8. The number of likely N-dealkylation sites (tertiary alicyclic amines) is 1. The molecule has 0 radical (unpaired) electrons. The molecule has 1 heterocycles. The minimum atomic E-state index is -3.69. The highest BCUT2D eigenvalue weighted by Gasteiger charge is 2.35. The lowest BCUT2D eigenvalue weighted by Gasteiger charge is -2.40. The highest BCUT2D eigenvalue weighted by Crippen LogP contribution is 2.28. The first kappa shape index (κ1) is 25.0. The van der Waals surface area contributed by atoms with Gasteiger partial charge in [-0.3, -0.25) is 19.2 Å². The molecule has 2 N–H and O–H groups in total. The zero-order valence-electron chi connectivity index (χ0n) is 19.6. The third kappa shape index (κ3) is 6.69. The first-order chi connectivity index (χ1) is 15.6. The van der Waals surface area contributed by atoms with Crippen LogP contribution in [0.15, 0.2) is 48.5 Å². The number of amides is 1. The molecule has 33 heavy (non-hydrogen) atoms. The molecular formula is C24H33N3O5S. The molecule has 2 aromatic carbocycles. The molecule has 9 heteroatoms. The minimum absolute atomic E-state index is 0.108. The normalized spacial score (nSPS) is 20.2. The van der Waals surface area contributed by atoms with Gasteiger partial charge in [-0.05, 0) is 61.6 Å². The van der Waals surface area contributed by atoms with E-state index in [2.05, 4.69) is 13.8 Å². The van der Waals surface area contributed by atoms with Gasteiger partial charge >= 0.3 is 0 Å². The molecule has 180 valence electrons. The van der Waals surface area contributed by atoms with E-state index in [0.717, 1.165) is 18.2 Å². The number of anilines is 1. The summed E-state index contributed by atoms with van der Waals surface area (Å²) in [4.78, 5) is 14.5. The second kappa shape index (κ2) is 10.5. The molecular weight excluding hydrogens is 442 g/mol. The van der Waals surface area contributed by atoms with E-state index in [1.54, 1.807) is 29.7 Å². The van der Waals surface area contributed by atoms with Gasteiger partial charge in [-0.15, -0.1) is 0 Å². The fraction of sp³-hybridized carbons (Fsp3) is 0.458. The molecule has 2 aromatic rings. The number of piperidine rings is 1. The van der Waals surface area contributed by atoms with E-state index in [-0.39, 0.29) is 6.54 Å². The van der Waals surface area contributed by atoms with Crippen LogP contribution in [0.3, 0.4) is 0 Å². The van der Waals surface area contributed by atoms with Crippen LogP contribution in [0.25, 0.3) is 0 Å². The molecule has 1 aliphatic heterocycles. The van der Waals surface area contributed by atoms with Crippen molar-refractivity contribution in [2.24, 2.45) is 11.8 Å². The summed E-state index contributed by atoms with van der Waals surface area (Å²) in [6, 6.07) is 13.5. The quantitative estimate of drug-likeness (QED) is 0.448.